The van der Waals surface area contributed by atoms with Gasteiger partial charge >= 0.3 is 0 Å². The van der Waals surface area contributed by atoms with Gasteiger partial charge in [0.05, 0.1) is 6.54 Å². The highest BCUT2D eigenvalue weighted by Crippen LogP contribution is 2.46. The maximum absolute atomic E-state index is 12.0. The van der Waals surface area contributed by atoms with Gasteiger partial charge in [0.1, 0.15) is 0 Å². The molecule has 1 amide bonds. The lowest BCUT2D eigenvalue weighted by Crippen LogP contribution is -2.45. The Kier molecular flexibility index (Phi) is 3.25. The highest BCUT2D eigenvalue weighted by Gasteiger charge is 2.44. The van der Waals surface area contributed by atoms with Crippen LogP contribution in [0.3, 0.4) is 0 Å². The van der Waals surface area contributed by atoms with Crippen LogP contribution in [0, 0.1) is 0 Å². The molecule has 102 valence electrons. The molecular formula is C14H18ClN3O. The second-order valence-corrected chi connectivity index (χ2v) is 5.81. The monoisotopic (exact) mass is 279 g/mol. The van der Waals surface area contributed by atoms with Crippen molar-refractivity contribution in [2.75, 3.05) is 31.1 Å². The molecule has 1 saturated heterocycles. The number of anilines is 1. The molecule has 0 radical (unpaired) electrons. The Hall–Kier alpha value is -1.10. The van der Waals surface area contributed by atoms with Crippen molar-refractivity contribution in [2.45, 2.75) is 18.3 Å². The van der Waals surface area contributed by atoms with Crippen LogP contribution < -0.4 is 16.0 Å². The number of benzene rings is 1. The Balaban J connectivity index is 2.07. The summed E-state index contributed by atoms with van der Waals surface area (Å²) in [5, 5.41) is 4.11. The van der Waals surface area contributed by atoms with Crippen LogP contribution in [-0.4, -0.2) is 32.1 Å². The van der Waals surface area contributed by atoms with Gasteiger partial charge in [-0.1, -0.05) is 11.6 Å². The average Bonchev–Trinajstić information content (AvgIpc) is 2.73. The van der Waals surface area contributed by atoms with Crippen LogP contribution in [0.1, 0.15) is 18.4 Å². The van der Waals surface area contributed by atoms with E-state index in [9.17, 15) is 4.79 Å². The molecule has 0 aromatic heterocycles. The number of halogens is 1. The van der Waals surface area contributed by atoms with Crippen molar-refractivity contribution in [1.29, 1.82) is 0 Å². The van der Waals surface area contributed by atoms with Crippen molar-refractivity contribution in [3.05, 3.63) is 28.8 Å². The van der Waals surface area contributed by atoms with E-state index in [0.29, 0.717) is 0 Å². The molecular weight excluding hydrogens is 262 g/mol. The highest BCUT2D eigenvalue weighted by atomic mass is 35.5. The normalized spacial score (nSPS) is 20.6. The molecule has 2 aliphatic rings. The second kappa shape index (κ2) is 4.78. The van der Waals surface area contributed by atoms with Crippen LogP contribution >= 0.6 is 11.6 Å². The van der Waals surface area contributed by atoms with Crippen molar-refractivity contribution >= 4 is 23.2 Å². The van der Waals surface area contributed by atoms with Crippen molar-refractivity contribution in [3.8, 4) is 0 Å². The van der Waals surface area contributed by atoms with E-state index in [-0.39, 0.29) is 17.9 Å². The van der Waals surface area contributed by atoms with Crippen LogP contribution in [0.15, 0.2) is 18.2 Å². The summed E-state index contributed by atoms with van der Waals surface area (Å²) in [4.78, 5) is 13.9. The van der Waals surface area contributed by atoms with E-state index in [1.165, 1.54) is 5.56 Å². The Morgan fingerprint density at radius 3 is 2.84 bits per heavy atom. The summed E-state index contributed by atoms with van der Waals surface area (Å²) in [6, 6.07) is 5.81. The second-order valence-electron chi connectivity index (χ2n) is 5.38. The molecule has 19 heavy (non-hydrogen) atoms. The number of nitrogens with two attached hydrogens (primary N) is 1. The van der Waals surface area contributed by atoms with Gasteiger partial charge in [-0.15, -0.1) is 0 Å². The number of nitrogens with zero attached hydrogens (tertiary/aromatic N) is 1. The first-order chi connectivity index (χ1) is 9.16. The fourth-order valence-electron chi connectivity index (χ4n) is 3.31. The molecule has 0 aliphatic carbocycles. The lowest BCUT2D eigenvalue weighted by molar-refractivity contribution is -0.117. The van der Waals surface area contributed by atoms with Gasteiger partial charge in [-0.2, -0.15) is 0 Å². The van der Waals surface area contributed by atoms with E-state index in [0.717, 1.165) is 43.2 Å². The smallest absolute Gasteiger partial charge is 0.240 e. The number of fused-ring (bicyclic) bond motifs is 2. The third-order valence-corrected chi connectivity index (χ3v) is 4.55. The van der Waals surface area contributed by atoms with E-state index in [1.54, 1.807) is 0 Å². The molecule has 0 saturated carbocycles. The number of hydrogen-bond donors (Lipinski definition) is 2. The van der Waals surface area contributed by atoms with Crippen molar-refractivity contribution in [1.82, 2.24) is 5.32 Å². The predicted octanol–water partition coefficient (Wildman–Crippen LogP) is 1.27. The number of hydrogen-bond acceptors (Lipinski definition) is 3. The lowest BCUT2D eigenvalue weighted by Gasteiger charge is -2.34. The molecule has 2 aliphatic heterocycles. The molecule has 4 nitrogen and oxygen atoms in total. The fourth-order valence-corrected chi connectivity index (χ4v) is 3.48. The van der Waals surface area contributed by atoms with Crippen molar-refractivity contribution in [3.63, 3.8) is 0 Å². The van der Waals surface area contributed by atoms with E-state index in [4.69, 9.17) is 17.3 Å². The molecule has 3 rings (SSSR count). The van der Waals surface area contributed by atoms with Gasteiger partial charge in [-0.3, -0.25) is 4.79 Å². The summed E-state index contributed by atoms with van der Waals surface area (Å²) >= 11 is 6.14. The maximum atomic E-state index is 12.0. The minimum Gasteiger partial charge on any atom is -0.322 e. The minimum absolute atomic E-state index is 0.0148. The van der Waals surface area contributed by atoms with E-state index < -0.39 is 0 Å². The van der Waals surface area contributed by atoms with Gasteiger partial charge in [-0.05, 0) is 49.7 Å². The molecule has 0 unspecified atom stereocenters. The Morgan fingerprint density at radius 2 is 2.16 bits per heavy atom. The van der Waals surface area contributed by atoms with Gasteiger partial charge in [0.2, 0.25) is 5.91 Å². The number of amides is 1. The zero-order valence-electron chi connectivity index (χ0n) is 10.8. The van der Waals surface area contributed by atoms with Crippen molar-refractivity contribution in [2.24, 2.45) is 5.73 Å². The number of carbonyl (C=O) groups excluding carboxylic acids is 1. The molecule has 1 aromatic rings. The minimum atomic E-state index is -0.0148. The first kappa shape index (κ1) is 12.9. The average molecular weight is 280 g/mol. The topological polar surface area (TPSA) is 58.4 Å². The molecule has 1 fully saturated rings. The number of rotatable bonds is 1. The molecule has 0 bridgehead atoms. The molecule has 5 heteroatoms. The van der Waals surface area contributed by atoms with Crippen molar-refractivity contribution < 1.29 is 4.79 Å². The van der Waals surface area contributed by atoms with Crippen LogP contribution in [0.2, 0.25) is 5.02 Å². The van der Waals surface area contributed by atoms with Gasteiger partial charge in [-0.25, -0.2) is 0 Å². The summed E-state index contributed by atoms with van der Waals surface area (Å²) in [7, 11) is 0. The van der Waals surface area contributed by atoms with Gasteiger partial charge in [0, 0.05) is 22.7 Å². The quantitative estimate of drug-likeness (QED) is 0.814. The lowest BCUT2D eigenvalue weighted by atomic mass is 9.75. The maximum Gasteiger partial charge on any atom is 0.240 e. The predicted molar refractivity (Wildman–Crippen MR) is 76.6 cm³/mol. The third-order valence-electron chi connectivity index (χ3n) is 4.32. The molecule has 2 heterocycles. The number of carbonyl (C=O) groups is 1. The number of piperidine rings is 1. The molecule has 1 aromatic carbocycles. The summed E-state index contributed by atoms with van der Waals surface area (Å²) in [5.74, 6) is -0.0148. The van der Waals surface area contributed by atoms with Gasteiger partial charge in [0.15, 0.2) is 0 Å². The van der Waals surface area contributed by atoms with E-state index in [2.05, 4.69) is 5.32 Å². The van der Waals surface area contributed by atoms with Gasteiger partial charge in [0.25, 0.3) is 0 Å². The largest absolute Gasteiger partial charge is 0.322 e. The summed E-state index contributed by atoms with van der Waals surface area (Å²) < 4.78 is 0. The van der Waals surface area contributed by atoms with Gasteiger partial charge < -0.3 is 16.0 Å². The fraction of sp³-hybridized carbons (Fsp3) is 0.500. The summed E-state index contributed by atoms with van der Waals surface area (Å²) in [5.41, 5.74) is 7.78. The standard InChI is InChI=1S/C14H18ClN3O/c15-10-1-2-12-11(7-10)14(3-5-17-6-4-14)9-18(12)13(19)8-16/h1-2,7,17H,3-6,8-9,16H2. The van der Waals surface area contributed by atoms with Crippen LogP contribution in [0.5, 0.6) is 0 Å². The molecule has 1 spiro atoms. The van der Waals surface area contributed by atoms with E-state index in [1.807, 2.05) is 23.1 Å². The summed E-state index contributed by atoms with van der Waals surface area (Å²) in [6.07, 6.45) is 2.07. The summed E-state index contributed by atoms with van der Waals surface area (Å²) in [6.45, 7) is 2.75. The Labute approximate surface area is 117 Å². The highest BCUT2D eigenvalue weighted by molar-refractivity contribution is 6.30. The first-order valence-corrected chi connectivity index (χ1v) is 7.05. The zero-order valence-corrected chi connectivity index (χ0v) is 11.5. The third kappa shape index (κ3) is 2.04. The van der Waals surface area contributed by atoms with Crippen LogP contribution in [0.25, 0.3) is 0 Å². The SMILES string of the molecule is NCC(=O)N1CC2(CCNCC2)c2cc(Cl)ccc21. The zero-order chi connectivity index (χ0) is 13.5. The Bertz CT molecular complexity index is 511. The Morgan fingerprint density at radius 1 is 1.42 bits per heavy atom. The first-order valence-electron chi connectivity index (χ1n) is 6.67. The molecule has 0 atom stereocenters. The molecule has 3 N–H and O–H groups in total. The van der Waals surface area contributed by atoms with Crippen LogP contribution in [0.4, 0.5) is 5.69 Å². The number of nitrogens with one attached hydrogen (secondary N) is 1. The van der Waals surface area contributed by atoms with E-state index >= 15 is 0 Å². The van der Waals surface area contributed by atoms with Crippen LogP contribution in [-0.2, 0) is 10.2 Å².